The van der Waals surface area contributed by atoms with Gasteiger partial charge in [-0.3, -0.25) is 9.48 Å². The summed E-state index contributed by atoms with van der Waals surface area (Å²) in [5, 5.41) is 4.84. The molecule has 0 atom stereocenters. The normalized spacial score (nSPS) is 12.2. The van der Waals surface area contributed by atoms with Crippen molar-refractivity contribution in [2.24, 2.45) is 0 Å². The molecular weight excluding hydrogens is 454 g/mol. The van der Waals surface area contributed by atoms with Crippen LogP contribution in [0.5, 0.6) is 17.2 Å². The lowest BCUT2D eigenvalue weighted by atomic mass is 10.1. The number of fused-ring (bicyclic) bond motifs is 1. The maximum atomic E-state index is 13.0. The first-order valence-electron chi connectivity index (χ1n) is 11.7. The number of hydrogen-bond acceptors (Lipinski definition) is 5. The van der Waals surface area contributed by atoms with Crippen molar-refractivity contribution in [3.63, 3.8) is 0 Å². The van der Waals surface area contributed by atoms with Gasteiger partial charge in [-0.2, -0.15) is 5.10 Å². The highest BCUT2D eigenvalue weighted by molar-refractivity contribution is 5.93. The lowest BCUT2D eigenvalue weighted by Crippen LogP contribution is -2.24. The van der Waals surface area contributed by atoms with Crippen LogP contribution in [-0.2, 0) is 17.9 Å². The number of rotatable bonds is 8. The second kappa shape index (κ2) is 10.4. The first-order valence-corrected chi connectivity index (χ1v) is 11.7. The van der Waals surface area contributed by atoms with Gasteiger partial charge in [-0.1, -0.05) is 48.5 Å². The molecule has 0 unspecified atom stereocenters. The van der Waals surface area contributed by atoms with Crippen molar-refractivity contribution < 1.29 is 19.0 Å². The van der Waals surface area contributed by atoms with E-state index in [1.807, 2.05) is 77.6 Å². The maximum absolute atomic E-state index is 13.0. The minimum atomic E-state index is -0.116. The summed E-state index contributed by atoms with van der Waals surface area (Å²) in [5.74, 6) is 2.04. The van der Waals surface area contributed by atoms with Crippen LogP contribution in [0.2, 0.25) is 0 Å². The fraction of sp³-hybridized carbons (Fsp3) is 0.172. The van der Waals surface area contributed by atoms with Gasteiger partial charge in [-0.05, 0) is 41.5 Å². The molecule has 1 aliphatic heterocycles. The third-order valence-corrected chi connectivity index (χ3v) is 5.98. The van der Waals surface area contributed by atoms with Gasteiger partial charge in [-0.15, -0.1) is 0 Å². The van der Waals surface area contributed by atoms with Gasteiger partial charge in [0.1, 0.15) is 11.4 Å². The highest BCUT2D eigenvalue weighted by atomic mass is 16.7. The van der Waals surface area contributed by atoms with Gasteiger partial charge in [0.2, 0.25) is 12.7 Å². The number of amides is 1. The fourth-order valence-corrected chi connectivity index (χ4v) is 4.14. The molecule has 0 fully saturated rings. The summed E-state index contributed by atoms with van der Waals surface area (Å²) < 4.78 is 18.3. The van der Waals surface area contributed by atoms with Crippen molar-refractivity contribution in [1.29, 1.82) is 0 Å². The second-order valence-electron chi connectivity index (χ2n) is 8.53. The largest absolute Gasteiger partial charge is 0.496 e. The van der Waals surface area contributed by atoms with Crippen LogP contribution < -0.4 is 14.2 Å². The Morgan fingerprint density at radius 3 is 2.64 bits per heavy atom. The second-order valence-corrected chi connectivity index (χ2v) is 8.53. The van der Waals surface area contributed by atoms with Crippen LogP contribution in [0.3, 0.4) is 0 Å². The predicted octanol–water partition coefficient (Wildman–Crippen LogP) is 5.01. The Kier molecular flexibility index (Phi) is 6.71. The van der Waals surface area contributed by atoms with Crippen LogP contribution in [-0.4, -0.2) is 41.5 Å². The quantitative estimate of drug-likeness (QED) is 0.331. The summed E-state index contributed by atoms with van der Waals surface area (Å²) in [6, 6.07) is 23.6. The molecule has 1 aliphatic rings. The number of para-hydroxylation sites is 1. The molecule has 0 bridgehead atoms. The van der Waals surface area contributed by atoms with E-state index in [0.29, 0.717) is 18.8 Å². The Morgan fingerprint density at radius 2 is 1.81 bits per heavy atom. The van der Waals surface area contributed by atoms with Crippen molar-refractivity contribution >= 4 is 12.0 Å². The van der Waals surface area contributed by atoms with E-state index in [1.54, 1.807) is 25.1 Å². The highest BCUT2D eigenvalue weighted by Gasteiger charge is 2.16. The number of likely N-dealkylation sites (N-methyl/N-ethyl adjacent to an activating group) is 1. The SMILES string of the molecule is COc1ccccc1-c1nn(Cc2ccccc2)cc1/C=C/C(=O)N(C)Cc1ccc2c(c1)OCO2. The van der Waals surface area contributed by atoms with Gasteiger partial charge in [0.05, 0.1) is 13.7 Å². The molecule has 1 aromatic heterocycles. The Balaban J connectivity index is 1.38. The van der Waals surface area contributed by atoms with E-state index in [1.165, 1.54) is 0 Å². The van der Waals surface area contributed by atoms with Gasteiger partial charge in [-0.25, -0.2) is 0 Å². The van der Waals surface area contributed by atoms with Crippen molar-refractivity contribution in [1.82, 2.24) is 14.7 Å². The Labute approximate surface area is 210 Å². The molecule has 0 saturated carbocycles. The highest BCUT2D eigenvalue weighted by Crippen LogP contribution is 2.33. The molecule has 0 saturated heterocycles. The zero-order valence-corrected chi connectivity index (χ0v) is 20.3. The van der Waals surface area contributed by atoms with Crippen LogP contribution in [0.25, 0.3) is 17.3 Å². The molecule has 0 aliphatic carbocycles. The molecule has 7 heteroatoms. The molecule has 0 spiro atoms. The first kappa shape index (κ1) is 23.2. The summed E-state index contributed by atoms with van der Waals surface area (Å²) >= 11 is 0. The van der Waals surface area contributed by atoms with E-state index in [4.69, 9.17) is 19.3 Å². The number of ether oxygens (including phenoxy) is 3. The van der Waals surface area contributed by atoms with E-state index in [-0.39, 0.29) is 12.7 Å². The average Bonchev–Trinajstić information content (AvgIpc) is 3.54. The number of methoxy groups -OCH3 is 1. The summed E-state index contributed by atoms with van der Waals surface area (Å²) in [6.45, 7) is 1.30. The molecule has 0 radical (unpaired) electrons. The Bertz CT molecular complexity index is 1390. The van der Waals surface area contributed by atoms with Crippen LogP contribution >= 0.6 is 0 Å². The molecule has 4 aromatic rings. The van der Waals surface area contributed by atoms with Gasteiger partial charge in [0, 0.05) is 37.0 Å². The van der Waals surface area contributed by atoms with Crippen LogP contribution in [0.15, 0.2) is 85.1 Å². The number of hydrogen-bond donors (Lipinski definition) is 0. The van der Waals surface area contributed by atoms with Crippen molar-refractivity contribution in [2.75, 3.05) is 21.0 Å². The molecule has 0 N–H and O–H groups in total. The lowest BCUT2D eigenvalue weighted by molar-refractivity contribution is -0.125. The minimum Gasteiger partial charge on any atom is -0.496 e. The minimum absolute atomic E-state index is 0.116. The topological polar surface area (TPSA) is 65.8 Å². The number of aromatic nitrogens is 2. The molecule has 1 amide bonds. The monoisotopic (exact) mass is 481 g/mol. The zero-order valence-electron chi connectivity index (χ0n) is 20.3. The van der Waals surface area contributed by atoms with Crippen LogP contribution in [0.1, 0.15) is 16.7 Å². The predicted molar refractivity (Wildman–Crippen MR) is 138 cm³/mol. The van der Waals surface area contributed by atoms with E-state index < -0.39 is 0 Å². The van der Waals surface area contributed by atoms with E-state index in [9.17, 15) is 4.79 Å². The zero-order chi connectivity index (χ0) is 24.9. The van der Waals surface area contributed by atoms with Crippen molar-refractivity contribution in [2.45, 2.75) is 13.1 Å². The summed E-state index contributed by atoms with van der Waals surface area (Å²) in [5.41, 5.74) is 4.56. The van der Waals surface area contributed by atoms with E-state index in [0.717, 1.165) is 39.4 Å². The van der Waals surface area contributed by atoms with Gasteiger partial charge >= 0.3 is 0 Å². The lowest BCUT2D eigenvalue weighted by Gasteiger charge is -2.15. The molecule has 3 aromatic carbocycles. The third kappa shape index (κ3) is 5.10. The molecule has 7 nitrogen and oxygen atoms in total. The van der Waals surface area contributed by atoms with Crippen LogP contribution in [0, 0.1) is 0 Å². The number of carbonyl (C=O) groups is 1. The first-order chi connectivity index (χ1) is 17.6. The maximum Gasteiger partial charge on any atom is 0.246 e. The van der Waals surface area contributed by atoms with Crippen molar-refractivity contribution in [3.05, 3.63) is 102 Å². The van der Waals surface area contributed by atoms with Crippen LogP contribution in [0.4, 0.5) is 0 Å². The summed E-state index contributed by atoms with van der Waals surface area (Å²) in [7, 11) is 3.42. The Morgan fingerprint density at radius 1 is 1.03 bits per heavy atom. The Hall–Kier alpha value is -4.52. The third-order valence-electron chi connectivity index (χ3n) is 5.98. The van der Waals surface area contributed by atoms with E-state index >= 15 is 0 Å². The molecule has 182 valence electrons. The number of carbonyl (C=O) groups excluding carboxylic acids is 1. The molecule has 5 rings (SSSR count). The average molecular weight is 482 g/mol. The number of benzene rings is 3. The van der Waals surface area contributed by atoms with E-state index in [2.05, 4.69) is 12.1 Å². The van der Waals surface area contributed by atoms with Crippen molar-refractivity contribution in [3.8, 4) is 28.5 Å². The number of nitrogens with zero attached hydrogens (tertiary/aromatic N) is 3. The standard InChI is InChI=1S/C29H27N3O4/c1-31(17-22-12-14-26-27(16-22)36-20-35-26)28(33)15-13-23-19-32(18-21-8-4-3-5-9-21)30-29(23)24-10-6-7-11-25(24)34-2/h3-16,19H,17-18,20H2,1-2H3/b15-13+. The van der Waals surface area contributed by atoms with Gasteiger partial charge in [0.25, 0.3) is 0 Å². The van der Waals surface area contributed by atoms with Gasteiger partial charge in [0.15, 0.2) is 11.5 Å². The molecule has 36 heavy (non-hydrogen) atoms. The fourth-order valence-electron chi connectivity index (χ4n) is 4.14. The molecular formula is C29H27N3O4. The smallest absolute Gasteiger partial charge is 0.246 e. The summed E-state index contributed by atoms with van der Waals surface area (Å²) in [6.07, 6.45) is 5.35. The van der Waals surface area contributed by atoms with Gasteiger partial charge < -0.3 is 19.1 Å². The molecule has 2 heterocycles. The summed E-state index contributed by atoms with van der Waals surface area (Å²) in [4.78, 5) is 14.6.